The highest BCUT2D eigenvalue weighted by molar-refractivity contribution is 7.99. The van der Waals surface area contributed by atoms with Gasteiger partial charge in [0.05, 0.1) is 10.0 Å². The fraction of sp³-hybridized carbons (Fsp3) is 0.545. The molecule has 0 radical (unpaired) electrons. The van der Waals surface area contributed by atoms with Gasteiger partial charge in [-0.2, -0.15) is 11.8 Å². The number of hydrogen-bond donors (Lipinski definition) is 2. The van der Waals surface area contributed by atoms with Crippen LogP contribution < -0.4 is 11.1 Å². The molecule has 2 rings (SSSR count). The van der Waals surface area contributed by atoms with Crippen molar-refractivity contribution in [3.63, 3.8) is 0 Å². The quantitative estimate of drug-likeness (QED) is 0.892. The first-order valence-corrected chi connectivity index (χ1v) is 7.57. The lowest BCUT2D eigenvalue weighted by molar-refractivity contribution is 0.764. The van der Waals surface area contributed by atoms with E-state index in [4.69, 9.17) is 28.9 Å². The van der Waals surface area contributed by atoms with Gasteiger partial charge in [-0.25, -0.2) is 4.98 Å². The molecular weight excluding hydrogens is 277 g/mol. The number of pyridine rings is 1. The van der Waals surface area contributed by atoms with Crippen molar-refractivity contribution in [1.82, 2.24) is 4.98 Å². The van der Waals surface area contributed by atoms with Crippen molar-refractivity contribution < 1.29 is 0 Å². The van der Waals surface area contributed by atoms with Crippen LogP contribution in [0.15, 0.2) is 6.07 Å². The summed E-state index contributed by atoms with van der Waals surface area (Å²) in [5.74, 6) is 0.955. The van der Waals surface area contributed by atoms with E-state index in [-0.39, 0.29) is 0 Å². The monoisotopic (exact) mass is 291 g/mol. The number of rotatable bonds is 3. The van der Waals surface area contributed by atoms with Crippen molar-refractivity contribution in [1.29, 1.82) is 0 Å². The topological polar surface area (TPSA) is 50.9 Å². The van der Waals surface area contributed by atoms with Crippen LogP contribution in [0.25, 0.3) is 0 Å². The third kappa shape index (κ3) is 2.92. The SMILES string of the molecule is CSC1CCCC1Nc1nc(N)c(Cl)cc1Cl. The molecule has 0 spiro atoms. The van der Waals surface area contributed by atoms with Crippen molar-refractivity contribution in [3.05, 3.63) is 16.1 Å². The largest absolute Gasteiger partial charge is 0.382 e. The Bertz CT molecular complexity index is 414. The molecule has 1 aliphatic rings. The van der Waals surface area contributed by atoms with E-state index in [1.54, 1.807) is 6.07 Å². The molecule has 0 saturated heterocycles. The second kappa shape index (κ2) is 5.55. The Kier molecular flexibility index (Phi) is 4.28. The normalized spacial score (nSPS) is 23.9. The van der Waals surface area contributed by atoms with Crippen LogP contribution in [0.2, 0.25) is 10.0 Å². The Morgan fingerprint density at radius 2 is 2.18 bits per heavy atom. The molecule has 0 amide bonds. The van der Waals surface area contributed by atoms with Gasteiger partial charge in [-0.3, -0.25) is 0 Å². The van der Waals surface area contributed by atoms with Crippen molar-refractivity contribution in [2.75, 3.05) is 17.3 Å². The summed E-state index contributed by atoms with van der Waals surface area (Å²) in [6, 6.07) is 2.05. The predicted octanol–water partition coefficient (Wildman–Crippen LogP) is 3.67. The van der Waals surface area contributed by atoms with Crippen molar-refractivity contribution in [3.8, 4) is 0 Å². The zero-order valence-electron chi connectivity index (χ0n) is 9.54. The van der Waals surface area contributed by atoms with Gasteiger partial charge in [0.15, 0.2) is 0 Å². The summed E-state index contributed by atoms with van der Waals surface area (Å²) in [7, 11) is 0. The molecule has 0 bridgehead atoms. The maximum absolute atomic E-state index is 6.10. The molecule has 94 valence electrons. The van der Waals surface area contributed by atoms with Gasteiger partial charge >= 0.3 is 0 Å². The number of nitrogens with two attached hydrogens (primary N) is 1. The molecule has 1 heterocycles. The lowest BCUT2D eigenvalue weighted by Gasteiger charge is -2.20. The van der Waals surface area contributed by atoms with Crippen LogP contribution >= 0.6 is 35.0 Å². The minimum absolute atomic E-state index is 0.317. The van der Waals surface area contributed by atoms with Crippen LogP contribution in [-0.2, 0) is 0 Å². The lowest BCUT2D eigenvalue weighted by atomic mass is 10.2. The molecule has 17 heavy (non-hydrogen) atoms. The number of aromatic nitrogens is 1. The standard InChI is InChI=1S/C11H15Cl2N3S/c1-17-9-4-2-3-8(9)15-11-7(13)5-6(12)10(14)16-11/h5,8-9H,2-4H2,1H3,(H3,14,15,16). The smallest absolute Gasteiger partial charge is 0.147 e. The van der Waals surface area contributed by atoms with E-state index in [1.165, 1.54) is 12.8 Å². The average molecular weight is 292 g/mol. The van der Waals surface area contributed by atoms with Gasteiger partial charge in [0, 0.05) is 11.3 Å². The first kappa shape index (κ1) is 13.1. The Hall–Kier alpha value is -0.320. The minimum atomic E-state index is 0.317. The maximum Gasteiger partial charge on any atom is 0.147 e. The lowest BCUT2D eigenvalue weighted by Crippen LogP contribution is -2.26. The van der Waals surface area contributed by atoms with Crippen LogP contribution in [0.5, 0.6) is 0 Å². The number of nitrogen functional groups attached to an aromatic ring is 1. The maximum atomic E-state index is 6.10. The molecule has 2 unspecified atom stereocenters. The zero-order chi connectivity index (χ0) is 12.4. The Balaban J connectivity index is 2.15. The third-order valence-corrected chi connectivity index (χ3v) is 4.79. The molecule has 1 fully saturated rings. The van der Waals surface area contributed by atoms with E-state index in [1.807, 2.05) is 11.8 Å². The molecule has 1 aromatic rings. The van der Waals surface area contributed by atoms with Crippen LogP contribution in [0.1, 0.15) is 19.3 Å². The summed E-state index contributed by atoms with van der Waals surface area (Å²) in [4.78, 5) is 4.20. The van der Waals surface area contributed by atoms with Crippen molar-refractivity contribution in [2.24, 2.45) is 0 Å². The molecule has 0 aliphatic heterocycles. The van der Waals surface area contributed by atoms with Crippen LogP contribution in [0, 0.1) is 0 Å². The molecule has 1 saturated carbocycles. The molecule has 3 N–H and O–H groups in total. The van der Waals surface area contributed by atoms with Gasteiger partial charge < -0.3 is 11.1 Å². The molecule has 0 aromatic carbocycles. The Labute approximate surface area is 115 Å². The highest BCUT2D eigenvalue weighted by atomic mass is 35.5. The number of hydrogen-bond acceptors (Lipinski definition) is 4. The van der Waals surface area contributed by atoms with E-state index in [9.17, 15) is 0 Å². The number of nitrogens with zero attached hydrogens (tertiary/aromatic N) is 1. The minimum Gasteiger partial charge on any atom is -0.382 e. The number of anilines is 2. The second-order valence-electron chi connectivity index (χ2n) is 4.14. The summed E-state index contributed by atoms with van der Waals surface area (Å²) < 4.78 is 0. The third-order valence-electron chi connectivity index (χ3n) is 3.03. The molecule has 2 atom stereocenters. The highest BCUT2D eigenvalue weighted by Gasteiger charge is 2.27. The van der Waals surface area contributed by atoms with E-state index in [0.29, 0.717) is 33.0 Å². The van der Waals surface area contributed by atoms with E-state index >= 15 is 0 Å². The second-order valence-corrected chi connectivity index (χ2v) is 6.03. The fourth-order valence-corrected chi connectivity index (χ4v) is 3.48. The van der Waals surface area contributed by atoms with Gasteiger partial charge in [-0.05, 0) is 25.2 Å². The van der Waals surface area contributed by atoms with Crippen molar-refractivity contribution >= 4 is 46.6 Å². The summed E-state index contributed by atoms with van der Waals surface area (Å²) in [5, 5.41) is 4.91. The van der Waals surface area contributed by atoms with Gasteiger partial charge in [-0.15, -0.1) is 0 Å². The van der Waals surface area contributed by atoms with Gasteiger partial charge in [0.2, 0.25) is 0 Å². The van der Waals surface area contributed by atoms with Crippen molar-refractivity contribution in [2.45, 2.75) is 30.6 Å². The zero-order valence-corrected chi connectivity index (χ0v) is 11.9. The first-order valence-electron chi connectivity index (χ1n) is 5.52. The Morgan fingerprint density at radius 1 is 1.41 bits per heavy atom. The van der Waals surface area contributed by atoms with E-state index in [0.717, 1.165) is 6.42 Å². The first-order chi connectivity index (χ1) is 8.11. The van der Waals surface area contributed by atoms with Gasteiger partial charge in [0.1, 0.15) is 11.6 Å². The average Bonchev–Trinajstić information content (AvgIpc) is 2.73. The van der Waals surface area contributed by atoms with Crippen LogP contribution in [0.4, 0.5) is 11.6 Å². The number of halogens is 2. The van der Waals surface area contributed by atoms with Crippen LogP contribution in [0.3, 0.4) is 0 Å². The van der Waals surface area contributed by atoms with Gasteiger partial charge in [0.25, 0.3) is 0 Å². The number of nitrogens with one attached hydrogen (secondary N) is 1. The van der Waals surface area contributed by atoms with E-state index < -0.39 is 0 Å². The van der Waals surface area contributed by atoms with Gasteiger partial charge in [-0.1, -0.05) is 29.6 Å². The summed E-state index contributed by atoms with van der Waals surface area (Å²) in [6.45, 7) is 0. The van der Waals surface area contributed by atoms with Crippen LogP contribution in [-0.4, -0.2) is 22.5 Å². The van der Waals surface area contributed by atoms with E-state index in [2.05, 4.69) is 16.6 Å². The molecule has 6 heteroatoms. The Morgan fingerprint density at radius 3 is 2.88 bits per heavy atom. The predicted molar refractivity (Wildman–Crippen MR) is 77.2 cm³/mol. The fourth-order valence-electron chi connectivity index (χ4n) is 2.13. The summed E-state index contributed by atoms with van der Waals surface area (Å²) in [6.07, 6.45) is 5.76. The highest BCUT2D eigenvalue weighted by Crippen LogP contribution is 2.33. The molecular formula is C11H15Cl2N3S. The molecule has 1 aromatic heterocycles. The summed E-state index contributed by atoms with van der Waals surface area (Å²) >= 11 is 13.8. The molecule has 1 aliphatic carbocycles. The molecule has 3 nitrogen and oxygen atoms in total. The summed E-state index contributed by atoms with van der Waals surface area (Å²) in [5.41, 5.74) is 5.68. The number of thioether (sulfide) groups is 1.